The van der Waals surface area contributed by atoms with Crippen LogP contribution in [0.15, 0.2) is 42.5 Å². The second-order valence-corrected chi connectivity index (χ2v) is 8.52. The van der Waals surface area contributed by atoms with Crippen molar-refractivity contribution in [2.75, 3.05) is 19.5 Å². The lowest BCUT2D eigenvalue weighted by molar-refractivity contribution is -0.120. The lowest BCUT2D eigenvalue weighted by Gasteiger charge is -2.34. The molecule has 1 N–H and O–H groups in total. The second kappa shape index (κ2) is 9.18. The predicted molar refractivity (Wildman–Crippen MR) is 120 cm³/mol. The molecule has 6 nitrogen and oxygen atoms in total. The average Bonchev–Trinajstić information content (AvgIpc) is 3.18. The second-order valence-electron chi connectivity index (χ2n) is 8.11. The number of para-hydroxylation sites is 1. The molecule has 0 bridgehead atoms. The van der Waals surface area contributed by atoms with Gasteiger partial charge in [0.15, 0.2) is 0 Å². The van der Waals surface area contributed by atoms with Gasteiger partial charge in [-0.1, -0.05) is 36.6 Å². The van der Waals surface area contributed by atoms with Crippen molar-refractivity contribution in [2.24, 2.45) is 5.92 Å². The molecular formula is C24H27ClN2O4. The Hall–Kier alpha value is -2.73. The maximum Gasteiger partial charge on any atom is 0.258 e. The monoisotopic (exact) mass is 442 g/mol. The van der Waals surface area contributed by atoms with Crippen LogP contribution < -0.4 is 14.8 Å². The maximum atomic E-state index is 13.6. The first-order valence-electron chi connectivity index (χ1n) is 10.6. The number of hydrogen-bond donors (Lipinski definition) is 1. The topological polar surface area (TPSA) is 67.9 Å². The fourth-order valence-corrected chi connectivity index (χ4v) is 5.17. The van der Waals surface area contributed by atoms with Crippen molar-refractivity contribution in [3.05, 3.63) is 53.1 Å². The summed E-state index contributed by atoms with van der Waals surface area (Å²) >= 11 is 6.21. The fraction of sp³-hybridized carbons (Fsp3) is 0.417. The van der Waals surface area contributed by atoms with Crippen LogP contribution in [-0.4, -0.2) is 43.0 Å². The largest absolute Gasteiger partial charge is 0.496 e. The Labute approximate surface area is 187 Å². The number of likely N-dealkylation sites (tertiary alicyclic amines) is 1. The zero-order chi connectivity index (χ0) is 22.0. The molecule has 7 heteroatoms. The third-order valence-corrected chi connectivity index (χ3v) is 6.68. The molecular weight excluding hydrogens is 416 g/mol. The Morgan fingerprint density at radius 3 is 2.52 bits per heavy atom. The lowest BCUT2D eigenvalue weighted by Crippen LogP contribution is -2.48. The summed E-state index contributed by atoms with van der Waals surface area (Å²) in [6.45, 7) is 0. The number of nitrogens with one attached hydrogen (secondary N) is 1. The Bertz CT molecular complexity index is 980. The zero-order valence-corrected chi connectivity index (χ0v) is 18.5. The summed E-state index contributed by atoms with van der Waals surface area (Å²) in [5.74, 6) is 1.05. The fourth-order valence-electron chi connectivity index (χ4n) is 4.92. The number of methoxy groups -OCH3 is 2. The molecule has 2 aliphatic rings. The normalized spacial score (nSPS) is 22.5. The smallest absolute Gasteiger partial charge is 0.258 e. The molecule has 1 saturated heterocycles. The molecule has 2 fully saturated rings. The van der Waals surface area contributed by atoms with Gasteiger partial charge in [0.1, 0.15) is 17.5 Å². The molecule has 2 aromatic rings. The van der Waals surface area contributed by atoms with Gasteiger partial charge in [-0.15, -0.1) is 0 Å². The van der Waals surface area contributed by atoms with Gasteiger partial charge in [0, 0.05) is 11.7 Å². The molecule has 3 unspecified atom stereocenters. The summed E-state index contributed by atoms with van der Waals surface area (Å²) in [4.78, 5) is 28.7. The van der Waals surface area contributed by atoms with E-state index in [0.717, 1.165) is 25.7 Å². The van der Waals surface area contributed by atoms with Crippen molar-refractivity contribution in [3.8, 4) is 11.5 Å². The first kappa shape index (κ1) is 21.5. The van der Waals surface area contributed by atoms with Gasteiger partial charge in [0.05, 0.1) is 24.8 Å². The van der Waals surface area contributed by atoms with Crippen LogP contribution in [0.25, 0.3) is 0 Å². The highest BCUT2D eigenvalue weighted by atomic mass is 35.5. The molecule has 31 heavy (non-hydrogen) atoms. The van der Waals surface area contributed by atoms with Crippen LogP contribution in [0, 0.1) is 5.92 Å². The lowest BCUT2D eigenvalue weighted by atomic mass is 9.84. The van der Waals surface area contributed by atoms with Gasteiger partial charge < -0.3 is 19.7 Å². The third-order valence-electron chi connectivity index (χ3n) is 6.38. The molecule has 1 aliphatic carbocycles. The van der Waals surface area contributed by atoms with Crippen molar-refractivity contribution in [1.29, 1.82) is 0 Å². The van der Waals surface area contributed by atoms with Gasteiger partial charge in [0.25, 0.3) is 5.91 Å². The van der Waals surface area contributed by atoms with E-state index in [1.165, 1.54) is 0 Å². The van der Waals surface area contributed by atoms with Crippen molar-refractivity contribution in [1.82, 2.24) is 4.90 Å². The number of halogens is 1. The van der Waals surface area contributed by atoms with Crippen LogP contribution in [0.3, 0.4) is 0 Å². The van der Waals surface area contributed by atoms with Crippen LogP contribution in [0.2, 0.25) is 5.02 Å². The summed E-state index contributed by atoms with van der Waals surface area (Å²) < 4.78 is 10.6. The zero-order valence-electron chi connectivity index (χ0n) is 17.8. The predicted octanol–water partition coefficient (Wildman–Crippen LogP) is 4.77. The molecule has 2 amide bonds. The van der Waals surface area contributed by atoms with Gasteiger partial charge in [-0.25, -0.2) is 0 Å². The number of fused-ring (bicyclic) bond motifs is 1. The molecule has 0 spiro atoms. The third kappa shape index (κ3) is 4.22. The molecule has 1 heterocycles. The van der Waals surface area contributed by atoms with E-state index in [9.17, 15) is 9.59 Å². The van der Waals surface area contributed by atoms with Crippen molar-refractivity contribution >= 4 is 29.1 Å². The highest BCUT2D eigenvalue weighted by molar-refractivity contribution is 6.32. The van der Waals surface area contributed by atoms with E-state index >= 15 is 0 Å². The molecule has 2 aromatic carbocycles. The Balaban J connectivity index is 1.62. The summed E-state index contributed by atoms with van der Waals surface area (Å²) in [6.07, 6.45) is 4.84. The molecule has 1 aliphatic heterocycles. The molecule has 4 rings (SSSR count). The molecule has 0 radical (unpaired) electrons. The number of carbonyl (C=O) groups excluding carboxylic acids is 2. The highest BCUT2D eigenvalue weighted by Crippen LogP contribution is 2.41. The summed E-state index contributed by atoms with van der Waals surface area (Å²) in [5, 5.41) is 3.37. The standard InChI is InChI=1S/C24H27ClN2O4/c1-30-21-10-6-4-8-17(21)24(29)27-19-9-5-3-7-15(19)13-20(27)23(28)26-16-11-12-22(31-2)18(25)14-16/h4,6,8,10-12,14-15,19-20H,3,5,7,9,13H2,1-2H3,(H,26,28). The quantitative estimate of drug-likeness (QED) is 0.724. The van der Waals surface area contributed by atoms with Crippen LogP contribution in [0.5, 0.6) is 11.5 Å². The number of hydrogen-bond acceptors (Lipinski definition) is 4. The molecule has 164 valence electrons. The Kier molecular flexibility index (Phi) is 6.37. The number of carbonyl (C=O) groups is 2. The van der Waals surface area contributed by atoms with Gasteiger partial charge in [-0.2, -0.15) is 0 Å². The number of benzene rings is 2. The van der Waals surface area contributed by atoms with Crippen molar-refractivity contribution in [2.45, 2.75) is 44.2 Å². The van der Waals surface area contributed by atoms with Crippen LogP contribution in [0.1, 0.15) is 42.5 Å². The highest BCUT2D eigenvalue weighted by Gasteiger charge is 2.48. The minimum atomic E-state index is -0.536. The number of anilines is 1. The SMILES string of the molecule is COc1ccc(NC(=O)C2CC3CCCCC3N2C(=O)c2ccccc2OC)cc1Cl. The van der Waals surface area contributed by atoms with Gasteiger partial charge in [-0.3, -0.25) is 9.59 Å². The van der Waals surface area contributed by atoms with Crippen molar-refractivity contribution < 1.29 is 19.1 Å². The maximum absolute atomic E-state index is 13.6. The number of ether oxygens (including phenoxy) is 2. The van der Waals surface area contributed by atoms with Gasteiger partial charge in [-0.05, 0) is 55.5 Å². The van der Waals surface area contributed by atoms with Crippen LogP contribution >= 0.6 is 11.6 Å². The van der Waals surface area contributed by atoms with Gasteiger partial charge in [0.2, 0.25) is 5.91 Å². The number of amides is 2. The summed E-state index contributed by atoms with van der Waals surface area (Å²) in [5.41, 5.74) is 1.07. The minimum absolute atomic E-state index is 0.0707. The molecule has 1 saturated carbocycles. The minimum Gasteiger partial charge on any atom is -0.496 e. The summed E-state index contributed by atoms with van der Waals surface area (Å²) in [7, 11) is 3.10. The Morgan fingerprint density at radius 2 is 1.77 bits per heavy atom. The van der Waals surface area contributed by atoms with E-state index in [0.29, 0.717) is 40.1 Å². The number of rotatable bonds is 5. The van der Waals surface area contributed by atoms with E-state index in [1.54, 1.807) is 49.5 Å². The molecule has 3 atom stereocenters. The van der Waals surface area contributed by atoms with E-state index in [4.69, 9.17) is 21.1 Å². The van der Waals surface area contributed by atoms with E-state index < -0.39 is 6.04 Å². The van der Waals surface area contributed by atoms with Crippen LogP contribution in [0.4, 0.5) is 5.69 Å². The first-order chi connectivity index (χ1) is 15.0. The average molecular weight is 443 g/mol. The van der Waals surface area contributed by atoms with Crippen LogP contribution in [-0.2, 0) is 4.79 Å². The number of nitrogens with zero attached hydrogens (tertiary/aromatic N) is 1. The van der Waals surface area contributed by atoms with E-state index in [-0.39, 0.29) is 17.9 Å². The Morgan fingerprint density at radius 1 is 1.03 bits per heavy atom. The van der Waals surface area contributed by atoms with E-state index in [2.05, 4.69) is 5.32 Å². The first-order valence-corrected chi connectivity index (χ1v) is 11.0. The summed E-state index contributed by atoms with van der Waals surface area (Å²) in [6, 6.07) is 11.8. The van der Waals surface area contributed by atoms with E-state index in [1.807, 2.05) is 12.1 Å². The van der Waals surface area contributed by atoms with Crippen molar-refractivity contribution in [3.63, 3.8) is 0 Å². The van der Waals surface area contributed by atoms with Gasteiger partial charge >= 0.3 is 0 Å². The molecule has 0 aromatic heterocycles.